The third-order valence-corrected chi connectivity index (χ3v) is 11.2. The number of para-hydroxylation sites is 1. The summed E-state index contributed by atoms with van der Waals surface area (Å²) in [5.41, 5.74) is 14.6. The summed E-state index contributed by atoms with van der Waals surface area (Å²) in [5, 5.41) is 0. The second-order valence-corrected chi connectivity index (χ2v) is 15.3. The zero-order chi connectivity index (χ0) is 39.5. The lowest BCUT2D eigenvalue weighted by Gasteiger charge is -2.31. The summed E-state index contributed by atoms with van der Waals surface area (Å²) in [6.07, 6.45) is 36.1. The van der Waals surface area contributed by atoms with Crippen molar-refractivity contribution in [3.63, 3.8) is 0 Å². The molecule has 8 rings (SSSR count). The van der Waals surface area contributed by atoms with Crippen molar-refractivity contribution in [1.29, 1.82) is 0 Å². The number of nitrogens with zero attached hydrogens (tertiary/aromatic N) is 2. The fourth-order valence-corrected chi connectivity index (χ4v) is 7.89. The number of anilines is 4. The van der Waals surface area contributed by atoms with Crippen molar-refractivity contribution >= 4 is 34.9 Å². The van der Waals surface area contributed by atoms with E-state index in [9.17, 15) is 0 Å². The van der Waals surface area contributed by atoms with Gasteiger partial charge in [-0.2, -0.15) is 0 Å². The van der Waals surface area contributed by atoms with Crippen molar-refractivity contribution in [3.8, 4) is 11.1 Å². The van der Waals surface area contributed by atoms with E-state index >= 15 is 0 Å². The lowest BCUT2D eigenvalue weighted by molar-refractivity contribution is 0.777. The van der Waals surface area contributed by atoms with Crippen molar-refractivity contribution in [3.05, 3.63) is 240 Å². The van der Waals surface area contributed by atoms with Crippen LogP contribution < -0.4 is 9.80 Å². The molecule has 3 aliphatic rings. The number of benzene rings is 5. The Hall–Kier alpha value is -6.64. The Morgan fingerprint density at radius 1 is 0.569 bits per heavy atom. The van der Waals surface area contributed by atoms with Crippen LogP contribution in [0.5, 0.6) is 0 Å². The fourth-order valence-electron chi connectivity index (χ4n) is 7.89. The predicted molar refractivity (Wildman–Crippen MR) is 250 cm³/mol. The zero-order valence-electron chi connectivity index (χ0n) is 33.7. The molecule has 2 heteroatoms. The van der Waals surface area contributed by atoms with Gasteiger partial charge in [0.1, 0.15) is 0 Å². The Kier molecular flexibility index (Phi) is 12.2. The van der Waals surface area contributed by atoms with Crippen LogP contribution in [-0.4, -0.2) is 0 Å². The molecule has 0 saturated carbocycles. The summed E-state index contributed by atoms with van der Waals surface area (Å²) in [7, 11) is 0. The zero-order valence-corrected chi connectivity index (χ0v) is 33.7. The molecule has 0 aliphatic heterocycles. The van der Waals surface area contributed by atoms with Gasteiger partial charge in [-0.25, -0.2) is 0 Å². The van der Waals surface area contributed by atoms with Crippen molar-refractivity contribution in [2.45, 2.75) is 39.5 Å². The normalized spacial score (nSPS) is 17.7. The summed E-state index contributed by atoms with van der Waals surface area (Å²) in [6.45, 7) is 4.57. The van der Waals surface area contributed by atoms with E-state index in [1.165, 1.54) is 44.8 Å². The van der Waals surface area contributed by atoms with E-state index in [4.69, 9.17) is 0 Å². The highest BCUT2D eigenvalue weighted by Crippen LogP contribution is 2.37. The lowest BCUT2D eigenvalue weighted by Crippen LogP contribution is -2.22. The first-order valence-electron chi connectivity index (χ1n) is 20.8. The van der Waals surface area contributed by atoms with E-state index in [1.807, 2.05) is 0 Å². The standard InChI is InChI=1S/C56H52N2/c1-43(47-19-9-4-10-20-47)26-27-46-28-35-53(36-29-46)57(51-22-11-5-12-23-51)54-37-31-49(32-38-54)50-33-39-55(40-34-50)58(52-24-13-6-14-25-52)56-41-30-48(44(2)42-56)21-15-18-45-16-7-3-8-17-45/h3-5,7-9,11-13,15-19,21-44H,6,10,14,20H2,1-2H3/b18-15+,27-26?,48-21?. The summed E-state index contributed by atoms with van der Waals surface area (Å²) in [6, 6.07) is 48.0. The molecular weight excluding hydrogens is 701 g/mol. The molecule has 0 saturated heterocycles. The minimum absolute atomic E-state index is 0.287. The molecule has 2 atom stereocenters. The molecule has 0 spiro atoms. The molecule has 286 valence electrons. The Morgan fingerprint density at radius 3 is 1.81 bits per heavy atom. The van der Waals surface area contributed by atoms with Crippen molar-refractivity contribution < 1.29 is 0 Å². The van der Waals surface area contributed by atoms with E-state index in [2.05, 4.69) is 242 Å². The second kappa shape index (κ2) is 18.5. The van der Waals surface area contributed by atoms with Gasteiger partial charge in [0.25, 0.3) is 0 Å². The third-order valence-electron chi connectivity index (χ3n) is 11.2. The SMILES string of the molecule is CC1C=C(N(C2=CCCC=C2)c2ccc(-c3ccc(N(c4ccccc4)c4ccc(C=CC(C)C5=CC=CCC5)cc4)cc3)cc2)C=CC1=C/C=C/c1ccccc1. The van der Waals surface area contributed by atoms with E-state index < -0.39 is 0 Å². The van der Waals surface area contributed by atoms with Gasteiger partial charge in [-0.15, -0.1) is 0 Å². The number of hydrogen-bond donors (Lipinski definition) is 0. The van der Waals surface area contributed by atoms with Crippen LogP contribution in [-0.2, 0) is 0 Å². The molecule has 0 bridgehead atoms. The smallest absolute Gasteiger partial charge is 0.0462 e. The van der Waals surface area contributed by atoms with Gasteiger partial charge in [-0.05, 0) is 120 Å². The highest BCUT2D eigenvalue weighted by atomic mass is 15.2. The summed E-state index contributed by atoms with van der Waals surface area (Å²) < 4.78 is 0. The van der Waals surface area contributed by atoms with Crippen molar-refractivity contribution in [2.75, 3.05) is 9.80 Å². The molecule has 0 N–H and O–H groups in total. The molecule has 0 fully saturated rings. The molecule has 0 amide bonds. The van der Waals surface area contributed by atoms with Gasteiger partial charge in [0, 0.05) is 40.1 Å². The first-order valence-corrected chi connectivity index (χ1v) is 20.8. The van der Waals surface area contributed by atoms with Gasteiger partial charge >= 0.3 is 0 Å². The molecule has 5 aromatic carbocycles. The second-order valence-electron chi connectivity index (χ2n) is 15.3. The van der Waals surface area contributed by atoms with Crippen LogP contribution in [0, 0.1) is 11.8 Å². The predicted octanol–water partition coefficient (Wildman–Crippen LogP) is 15.5. The van der Waals surface area contributed by atoms with Crippen molar-refractivity contribution in [2.24, 2.45) is 11.8 Å². The Bertz CT molecular complexity index is 2430. The van der Waals surface area contributed by atoms with Gasteiger partial charge in [0.2, 0.25) is 0 Å². The molecular formula is C56H52N2. The summed E-state index contributed by atoms with van der Waals surface area (Å²) >= 11 is 0. The van der Waals surface area contributed by atoms with Crippen LogP contribution in [0.3, 0.4) is 0 Å². The molecule has 0 heterocycles. The molecule has 3 aliphatic carbocycles. The maximum absolute atomic E-state index is 2.40. The van der Waals surface area contributed by atoms with E-state index in [1.54, 1.807) is 0 Å². The molecule has 0 aromatic heterocycles. The minimum Gasteiger partial charge on any atom is -0.311 e. The molecule has 0 radical (unpaired) electrons. The highest BCUT2D eigenvalue weighted by molar-refractivity contribution is 5.79. The van der Waals surface area contributed by atoms with Crippen LogP contribution in [0.4, 0.5) is 22.7 Å². The largest absolute Gasteiger partial charge is 0.311 e. The average molecular weight is 753 g/mol. The first kappa shape index (κ1) is 38.2. The molecule has 2 unspecified atom stereocenters. The molecule has 58 heavy (non-hydrogen) atoms. The molecule has 5 aromatic rings. The summed E-state index contributed by atoms with van der Waals surface area (Å²) in [4.78, 5) is 4.73. The van der Waals surface area contributed by atoms with Gasteiger partial charge in [-0.3, -0.25) is 0 Å². The van der Waals surface area contributed by atoms with Crippen LogP contribution in [0.1, 0.15) is 50.7 Å². The van der Waals surface area contributed by atoms with Gasteiger partial charge < -0.3 is 9.80 Å². The topological polar surface area (TPSA) is 6.48 Å². The van der Waals surface area contributed by atoms with Crippen LogP contribution in [0.25, 0.3) is 23.3 Å². The molecule has 2 nitrogen and oxygen atoms in total. The van der Waals surface area contributed by atoms with Gasteiger partial charge in [0.15, 0.2) is 0 Å². The maximum Gasteiger partial charge on any atom is 0.0462 e. The summed E-state index contributed by atoms with van der Waals surface area (Å²) in [5.74, 6) is 0.723. The Labute approximate surface area is 345 Å². The maximum atomic E-state index is 2.40. The van der Waals surface area contributed by atoms with Gasteiger partial charge in [-0.1, -0.05) is 177 Å². The average Bonchev–Trinajstić information content (AvgIpc) is 3.29. The lowest BCUT2D eigenvalue weighted by atomic mass is 9.92. The van der Waals surface area contributed by atoms with E-state index in [0.29, 0.717) is 5.92 Å². The first-order chi connectivity index (χ1) is 28.6. The van der Waals surface area contributed by atoms with Crippen molar-refractivity contribution in [1.82, 2.24) is 0 Å². The number of allylic oxidation sites excluding steroid dienone is 14. The fraction of sp³-hybridized carbons (Fsp3) is 0.143. The number of rotatable bonds is 12. The van der Waals surface area contributed by atoms with Gasteiger partial charge in [0.05, 0.1) is 0 Å². The monoisotopic (exact) mass is 752 g/mol. The Morgan fingerprint density at radius 2 is 1.19 bits per heavy atom. The number of hydrogen-bond acceptors (Lipinski definition) is 2. The highest BCUT2D eigenvalue weighted by Gasteiger charge is 2.20. The van der Waals surface area contributed by atoms with Crippen LogP contribution >= 0.6 is 0 Å². The van der Waals surface area contributed by atoms with Crippen LogP contribution in [0.15, 0.2) is 229 Å². The van der Waals surface area contributed by atoms with E-state index in [-0.39, 0.29) is 5.92 Å². The third kappa shape index (κ3) is 9.31. The van der Waals surface area contributed by atoms with Crippen LogP contribution in [0.2, 0.25) is 0 Å². The minimum atomic E-state index is 0.287. The van der Waals surface area contributed by atoms with E-state index in [0.717, 1.165) is 48.4 Å². The quantitative estimate of drug-likeness (QED) is 0.125. The Balaban J connectivity index is 1.01.